The number of benzene rings is 1. The van der Waals surface area contributed by atoms with E-state index in [1.165, 1.54) is 13.1 Å². The number of fused-ring (bicyclic) bond motifs is 1. The maximum Gasteiger partial charge on any atom is 0.261 e. The average molecular weight is 330 g/mol. The van der Waals surface area contributed by atoms with Crippen LogP contribution in [0.5, 0.6) is 0 Å². The van der Waals surface area contributed by atoms with Gasteiger partial charge in [0.15, 0.2) is 0 Å². The summed E-state index contributed by atoms with van der Waals surface area (Å²) >= 11 is 6.38. The number of allylic oxidation sites excluding steroid dienone is 1. The molecule has 2 rings (SSSR count). The summed E-state index contributed by atoms with van der Waals surface area (Å²) in [5, 5.41) is 12.1. The third kappa shape index (κ3) is 3.11. The number of carbonyl (C=O) groups excluding carboxylic acids is 1. The number of nitrogens with one attached hydrogen (secondary N) is 1. The number of hydrogen-bond acceptors (Lipinski definition) is 3. The smallest absolute Gasteiger partial charge is 0.261 e. The lowest BCUT2D eigenvalue weighted by atomic mass is 9.88. The highest BCUT2D eigenvalue weighted by atomic mass is 35.5. The summed E-state index contributed by atoms with van der Waals surface area (Å²) in [6, 6.07) is 5.72. The van der Waals surface area contributed by atoms with E-state index < -0.39 is 5.91 Å². The predicted octanol–water partition coefficient (Wildman–Crippen LogP) is 3.62. The molecule has 1 aliphatic heterocycles. The lowest BCUT2D eigenvalue weighted by molar-refractivity contribution is -0.116. The van der Waals surface area contributed by atoms with Gasteiger partial charge in [-0.15, -0.1) is 0 Å². The number of hydrogen-bond donors (Lipinski definition) is 1. The van der Waals surface area contributed by atoms with Gasteiger partial charge >= 0.3 is 0 Å². The second-order valence-electron chi connectivity index (χ2n) is 6.18. The van der Waals surface area contributed by atoms with Crippen molar-refractivity contribution in [1.82, 2.24) is 5.32 Å². The summed E-state index contributed by atoms with van der Waals surface area (Å²) in [6.45, 7) is 6.33. The molecule has 0 aliphatic carbocycles. The van der Waals surface area contributed by atoms with Crippen LogP contribution in [0.1, 0.15) is 31.9 Å². The molecule has 1 aliphatic rings. The Morgan fingerprint density at radius 2 is 2.09 bits per heavy atom. The summed E-state index contributed by atoms with van der Waals surface area (Å²) < 4.78 is 0. The Morgan fingerprint density at radius 1 is 1.43 bits per heavy atom. The number of rotatable bonds is 2. The number of nitriles is 1. The summed E-state index contributed by atoms with van der Waals surface area (Å²) in [7, 11) is 3.52. The van der Waals surface area contributed by atoms with E-state index in [1.54, 1.807) is 0 Å². The molecule has 0 fully saturated rings. The molecule has 0 spiro atoms. The van der Waals surface area contributed by atoms with Gasteiger partial charge in [0.1, 0.15) is 11.6 Å². The van der Waals surface area contributed by atoms with E-state index in [9.17, 15) is 4.79 Å². The molecule has 1 aromatic rings. The standard InChI is InChI=1S/C18H20ClN3O/c1-11-9-18(2,3)22(5)16-8-15(19)12(7-14(11)16)6-13(10-20)17(23)21-4/h6-9H,1-5H3,(H,21,23)/b13-6-. The van der Waals surface area contributed by atoms with Crippen molar-refractivity contribution in [2.24, 2.45) is 0 Å². The van der Waals surface area contributed by atoms with Gasteiger partial charge in [-0.3, -0.25) is 4.79 Å². The van der Waals surface area contributed by atoms with Gasteiger partial charge in [0.05, 0.1) is 5.54 Å². The maximum absolute atomic E-state index is 11.7. The Kier molecular flexibility index (Phi) is 4.53. The number of carbonyl (C=O) groups is 1. The van der Waals surface area contributed by atoms with E-state index in [-0.39, 0.29) is 11.1 Å². The van der Waals surface area contributed by atoms with Crippen molar-refractivity contribution in [1.29, 1.82) is 5.26 Å². The second-order valence-corrected chi connectivity index (χ2v) is 6.59. The minimum absolute atomic E-state index is 0.0282. The van der Waals surface area contributed by atoms with E-state index in [2.05, 4.69) is 37.1 Å². The molecular formula is C18H20ClN3O. The lowest BCUT2D eigenvalue weighted by Crippen LogP contribution is -2.42. The summed E-state index contributed by atoms with van der Waals surface area (Å²) in [5.74, 6) is -0.424. The van der Waals surface area contributed by atoms with Gasteiger partial charge in [-0.25, -0.2) is 0 Å². The minimum Gasteiger partial charge on any atom is -0.365 e. The predicted molar refractivity (Wildman–Crippen MR) is 95.2 cm³/mol. The van der Waals surface area contributed by atoms with Crippen molar-refractivity contribution in [3.8, 4) is 6.07 Å². The molecule has 120 valence electrons. The number of likely N-dealkylation sites (N-methyl/N-ethyl adjacent to an activating group) is 2. The van der Waals surface area contributed by atoms with Gasteiger partial charge in [0, 0.05) is 30.4 Å². The molecule has 0 saturated heterocycles. The zero-order valence-corrected chi connectivity index (χ0v) is 14.7. The third-order valence-corrected chi connectivity index (χ3v) is 4.55. The number of anilines is 1. The van der Waals surface area contributed by atoms with Crippen LogP contribution in [0, 0.1) is 11.3 Å². The first-order chi connectivity index (χ1) is 10.7. The van der Waals surface area contributed by atoms with Crippen molar-refractivity contribution >= 4 is 34.8 Å². The van der Waals surface area contributed by atoms with E-state index in [1.807, 2.05) is 25.2 Å². The van der Waals surface area contributed by atoms with Gasteiger partial charge in [0.25, 0.3) is 5.91 Å². The maximum atomic E-state index is 11.7. The molecule has 0 bridgehead atoms. The van der Waals surface area contributed by atoms with Crippen LogP contribution >= 0.6 is 11.6 Å². The zero-order chi connectivity index (χ0) is 17.4. The molecule has 1 N–H and O–H groups in total. The van der Waals surface area contributed by atoms with Crippen LogP contribution < -0.4 is 10.2 Å². The zero-order valence-electron chi connectivity index (χ0n) is 14.0. The van der Waals surface area contributed by atoms with Crippen LogP contribution in [0.2, 0.25) is 5.02 Å². The van der Waals surface area contributed by atoms with Gasteiger partial charge in [-0.2, -0.15) is 5.26 Å². The van der Waals surface area contributed by atoms with Crippen molar-refractivity contribution in [2.45, 2.75) is 26.3 Å². The van der Waals surface area contributed by atoms with Crippen molar-refractivity contribution in [3.05, 3.63) is 39.9 Å². The normalized spacial score (nSPS) is 16.3. The highest BCUT2D eigenvalue weighted by Gasteiger charge is 2.29. The van der Waals surface area contributed by atoms with Crippen LogP contribution in [0.15, 0.2) is 23.8 Å². The Balaban J connectivity index is 2.61. The largest absolute Gasteiger partial charge is 0.365 e. The molecule has 0 saturated carbocycles. The highest BCUT2D eigenvalue weighted by molar-refractivity contribution is 6.32. The van der Waals surface area contributed by atoms with Gasteiger partial charge in [-0.05, 0) is 50.1 Å². The SMILES string of the molecule is CNC(=O)/C(C#N)=C\c1cc2c(cc1Cl)N(C)C(C)(C)C=C2C. The lowest BCUT2D eigenvalue weighted by Gasteiger charge is -2.40. The van der Waals surface area contributed by atoms with Gasteiger partial charge in [-0.1, -0.05) is 17.7 Å². The first-order valence-electron chi connectivity index (χ1n) is 7.32. The molecule has 0 aromatic heterocycles. The molecule has 1 aromatic carbocycles. The Labute approximate surface area is 142 Å². The molecule has 0 unspecified atom stereocenters. The molecule has 23 heavy (non-hydrogen) atoms. The summed E-state index contributed by atoms with van der Waals surface area (Å²) in [4.78, 5) is 13.8. The Morgan fingerprint density at radius 3 is 2.65 bits per heavy atom. The molecule has 5 heteroatoms. The number of nitrogens with zero attached hydrogens (tertiary/aromatic N) is 2. The fourth-order valence-electron chi connectivity index (χ4n) is 2.74. The minimum atomic E-state index is -0.424. The van der Waals surface area contributed by atoms with E-state index >= 15 is 0 Å². The quantitative estimate of drug-likeness (QED) is 0.666. The Hall–Kier alpha value is -2.25. The van der Waals surface area contributed by atoms with Crippen LogP contribution in [0.4, 0.5) is 5.69 Å². The first-order valence-corrected chi connectivity index (χ1v) is 7.70. The first kappa shape index (κ1) is 17.1. The van der Waals surface area contributed by atoms with Crippen LogP contribution in [0.25, 0.3) is 11.6 Å². The average Bonchev–Trinajstić information content (AvgIpc) is 2.50. The highest BCUT2D eigenvalue weighted by Crippen LogP contribution is 2.40. The van der Waals surface area contributed by atoms with Gasteiger partial charge < -0.3 is 10.2 Å². The molecule has 1 amide bonds. The molecule has 4 nitrogen and oxygen atoms in total. The third-order valence-electron chi connectivity index (χ3n) is 4.23. The molecule has 0 atom stereocenters. The molecular weight excluding hydrogens is 310 g/mol. The monoisotopic (exact) mass is 329 g/mol. The second kappa shape index (κ2) is 6.10. The van der Waals surface area contributed by atoms with Crippen molar-refractivity contribution in [3.63, 3.8) is 0 Å². The van der Waals surface area contributed by atoms with Crippen LogP contribution in [0.3, 0.4) is 0 Å². The Bertz CT molecular complexity index is 769. The number of amides is 1. The molecule has 1 heterocycles. The van der Waals surface area contributed by atoms with E-state index in [4.69, 9.17) is 16.9 Å². The van der Waals surface area contributed by atoms with E-state index in [0.29, 0.717) is 10.6 Å². The fourth-order valence-corrected chi connectivity index (χ4v) is 2.95. The number of halogens is 1. The fraction of sp³-hybridized carbons (Fsp3) is 0.333. The molecule has 0 radical (unpaired) electrons. The summed E-state index contributed by atoms with van der Waals surface area (Å²) in [6.07, 6.45) is 3.72. The van der Waals surface area contributed by atoms with Crippen molar-refractivity contribution < 1.29 is 4.79 Å². The topological polar surface area (TPSA) is 56.1 Å². The van der Waals surface area contributed by atoms with E-state index in [0.717, 1.165) is 16.8 Å². The van der Waals surface area contributed by atoms with Gasteiger partial charge in [0.2, 0.25) is 0 Å². The summed E-state index contributed by atoms with van der Waals surface area (Å²) in [5.41, 5.74) is 3.82. The van der Waals surface area contributed by atoms with Crippen LogP contribution in [-0.4, -0.2) is 25.5 Å². The van der Waals surface area contributed by atoms with Crippen molar-refractivity contribution in [2.75, 3.05) is 19.0 Å². The van der Waals surface area contributed by atoms with Crippen LogP contribution in [-0.2, 0) is 4.79 Å².